The largest absolute Gasteiger partial charge is 0.446 e. The highest BCUT2D eigenvalue weighted by Gasteiger charge is 2.22. The number of ether oxygens (including phenoxy) is 2. The molecule has 0 saturated carbocycles. The highest BCUT2D eigenvalue weighted by Crippen LogP contribution is 2.24. The molecule has 0 aromatic heterocycles. The van der Waals surface area contributed by atoms with Crippen molar-refractivity contribution in [2.45, 2.75) is 17.6 Å². The van der Waals surface area contributed by atoms with E-state index in [0.29, 0.717) is 11.9 Å². The quantitative estimate of drug-likeness (QED) is 0.482. The summed E-state index contributed by atoms with van der Waals surface area (Å²) in [6.07, 6.45) is 1.17. The first kappa shape index (κ1) is 9.61. The van der Waals surface area contributed by atoms with Crippen molar-refractivity contribution >= 4 is 17.7 Å². The molecule has 1 saturated heterocycles. The van der Waals surface area contributed by atoms with Crippen molar-refractivity contribution in [3.05, 3.63) is 12.7 Å². The molecule has 0 aliphatic carbocycles. The SMILES string of the molecule is C=CC(=O)OC1COCC(C)S1. The zero-order valence-electron chi connectivity index (χ0n) is 6.99. The lowest BCUT2D eigenvalue weighted by Gasteiger charge is -2.25. The average Bonchev–Trinajstić information content (AvgIpc) is 2.04. The molecule has 3 nitrogen and oxygen atoms in total. The van der Waals surface area contributed by atoms with Crippen molar-refractivity contribution in [1.29, 1.82) is 0 Å². The van der Waals surface area contributed by atoms with Crippen LogP contribution in [0, 0.1) is 0 Å². The molecule has 1 fully saturated rings. The van der Waals surface area contributed by atoms with Gasteiger partial charge >= 0.3 is 5.97 Å². The Morgan fingerprint density at radius 2 is 2.50 bits per heavy atom. The molecular formula is C8H12O3S. The third kappa shape index (κ3) is 2.87. The van der Waals surface area contributed by atoms with Crippen LogP contribution in [0.3, 0.4) is 0 Å². The van der Waals surface area contributed by atoms with Gasteiger partial charge in [-0.3, -0.25) is 0 Å². The van der Waals surface area contributed by atoms with Gasteiger partial charge in [0.2, 0.25) is 0 Å². The maximum Gasteiger partial charge on any atom is 0.331 e. The van der Waals surface area contributed by atoms with Crippen LogP contribution >= 0.6 is 11.8 Å². The summed E-state index contributed by atoms with van der Waals surface area (Å²) in [5, 5.41) is 0.390. The van der Waals surface area contributed by atoms with Gasteiger partial charge in [-0.1, -0.05) is 13.5 Å². The van der Waals surface area contributed by atoms with Crippen molar-refractivity contribution in [3.63, 3.8) is 0 Å². The molecule has 0 radical (unpaired) electrons. The molecule has 2 unspecified atom stereocenters. The van der Waals surface area contributed by atoms with E-state index in [4.69, 9.17) is 9.47 Å². The number of hydrogen-bond donors (Lipinski definition) is 0. The van der Waals surface area contributed by atoms with Crippen LogP contribution < -0.4 is 0 Å². The lowest BCUT2D eigenvalue weighted by Crippen LogP contribution is -2.29. The lowest BCUT2D eigenvalue weighted by molar-refractivity contribution is -0.141. The summed E-state index contributed by atoms with van der Waals surface area (Å²) >= 11 is 1.61. The van der Waals surface area contributed by atoms with Crippen molar-refractivity contribution in [2.24, 2.45) is 0 Å². The summed E-state index contributed by atoms with van der Waals surface area (Å²) < 4.78 is 10.2. The first-order valence-corrected chi connectivity index (χ1v) is 4.73. The second kappa shape index (κ2) is 4.52. The van der Waals surface area contributed by atoms with Gasteiger partial charge in [-0.05, 0) is 0 Å². The minimum Gasteiger partial charge on any atom is -0.446 e. The van der Waals surface area contributed by atoms with E-state index >= 15 is 0 Å². The lowest BCUT2D eigenvalue weighted by atomic mass is 10.5. The third-order valence-electron chi connectivity index (χ3n) is 1.40. The monoisotopic (exact) mass is 188 g/mol. The molecule has 4 heteroatoms. The molecule has 0 spiro atoms. The molecule has 0 aromatic rings. The van der Waals surface area contributed by atoms with Crippen molar-refractivity contribution in [1.82, 2.24) is 0 Å². The summed E-state index contributed by atoms with van der Waals surface area (Å²) in [5.74, 6) is -0.384. The molecule has 0 N–H and O–H groups in total. The van der Waals surface area contributed by atoms with E-state index < -0.39 is 0 Å². The van der Waals surface area contributed by atoms with E-state index in [1.165, 1.54) is 6.08 Å². The Bertz CT molecular complexity index is 181. The van der Waals surface area contributed by atoms with Crippen LogP contribution in [0.5, 0.6) is 0 Å². The Morgan fingerprint density at radius 1 is 1.75 bits per heavy atom. The Balaban J connectivity index is 2.31. The van der Waals surface area contributed by atoms with E-state index in [-0.39, 0.29) is 11.4 Å². The van der Waals surface area contributed by atoms with E-state index in [2.05, 4.69) is 6.58 Å². The molecule has 12 heavy (non-hydrogen) atoms. The van der Waals surface area contributed by atoms with Crippen LogP contribution in [0.4, 0.5) is 0 Å². The smallest absolute Gasteiger partial charge is 0.331 e. The van der Waals surface area contributed by atoms with Crippen LogP contribution in [0.1, 0.15) is 6.92 Å². The fourth-order valence-electron chi connectivity index (χ4n) is 0.907. The fourth-order valence-corrected chi connectivity index (χ4v) is 1.93. The van der Waals surface area contributed by atoms with Gasteiger partial charge in [-0.2, -0.15) is 0 Å². The van der Waals surface area contributed by atoms with Gasteiger partial charge in [0, 0.05) is 11.3 Å². The highest BCUT2D eigenvalue weighted by molar-refractivity contribution is 8.00. The number of carbonyl (C=O) groups is 1. The van der Waals surface area contributed by atoms with E-state index in [1.807, 2.05) is 6.92 Å². The zero-order valence-corrected chi connectivity index (χ0v) is 7.80. The standard InChI is InChI=1S/C8H12O3S/c1-3-7(9)11-8-5-10-4-6(2)12-8/h3,6,8H,1,4-5H2,2H3. The Labute approximate surface area is 76.1 Å². The third-order valence-corrected chi connectivity index (χ3v) is 2.54. The minimum absolute atomic E-state index is 0.167. The van der Waals surface area contributed by atoms with Crippen LogP contribution in [0.2, 0.25) is 0 Å². The summed E-state index contributed by atoms with van der Waals surface area (Å²) in [6.45, 7) is 6.57. The maximum absolute atomic E-state index is 10.8. The minimum atomic E-state index is -0.384. The van der Waals surface area contributed by atoms with Crippen molar-refractivity contribution in [2.75, 3.05) is 13.2 Å². The van der Waals surface area contributed by atoms with Gasteiger partial charge in [-0.15, -0.1) is 11.8 Å². The Kier molecular flexibility index (Phi) is 3.62. The first-order valence-electron chi connectivity index (χ1n) is 3.78. The Morgan fingerprint density at radius 3 is 3.08 bits per heavy atom. The van der Waals surface area contributed by atoms with Gasteiger partial charge in [0.05, 0.1) is 13.2 Å². The van der Waals surface area contributed by atoms with Gasteiger partial charge in [0.15, 0.2) is 5.44 Å². The summed E-state index contributed by atoms with van der Waals surface area (Å²) in [6, 6.07) is 0. The van der Waals surface area contributed by atoms with E-state index in [1.54, 1.807) is 11.8 Å². The molecule has 68 valence electrons. The molecule has 1 rings (SSSR count). The molecule has 1 aliphatic rings. The zero-order chi connectivity index (χ0) is 8.97. The van der Waals surface area contributed by atoms with Crippen molar-refractivity contribution in [3.8, 4) is 0 Å². The second-order valence-electron chi connectivity index (χ2n) is 2.55. The van der Waals surface area contributed by atoms with E-state index in [9.17, 15) is 4.79 Å². The van der Waals surface area contributed by atoms with Gasteiger partial charge < -0.3 is 9.47 Å². The highest BCUT2D eigenvalue weighted by atomic mass is 32.2. The topological polar surface area (TPSA) is 35.5 Å². The Hall–Kier alpha value is -0.480. The number of hydrogen-bond acceptors (Lipinski definition) is 4. The predicted octanol–water partition coefficient (Wildman–Crippen LogP) is 1.19. The summed E-state index contributed by atoms with van der Waals surface area (Å²) in [4.78, 5) is 10.8. The summed E-state index contributed by atoms with van der Waals surface area (Å²) in [5.41, 5.74) is -0.167. The van der Waals surface area contributed by atoms with E-state index in [0.717, 1.165) is 6.61 Å². The van der Waals surface area contributed by atoms with Gasteiger partial charge in [-0.25, -0.2) is 4.79 Å². The molecule has 1 heterocycles. The van der Waals surface area contributed by atoms with Gasteiger partial charge in [0.25, 0.3) is 0 Å². The predicted molar refractivity (Wildman–Crippen MR) is 47.9 cm³/mol. The second-order valence-corrected chi connectivity index (χ2v) is 4.16. The molecular weight excluding hydrogens is 176 g/mol. The average molecular weight is 188 g/mol. The van der Waals surface area contributed by atoms with Crippen LogP contribution in [0.15, 0.2) is 12.7 Å². The summed E-state index contributed by atoms with van der Waals surface area (Å²) in [7, 11) is 0. The maximum atomic E-state index is 10.8. The normalized spacial score (nSPS) is 29.4. The number of rotatable bonds is 2. The number of thioether (sulfide) groups is 1. The fraction of sp³-hybridized carbons (Fsp3) is 0.625. The van der Waals surface area contributed by atoms with Crippen LogP contribution in [-0.2, 0) is 14.3 Å². The van der Waals surface area contributed by atoms with Crippen LogP contribution in [0.25, 0.3) is 0 Å². The molecule has 1 aliphatic heterocycles. The number of carbonyl (C=O) groups excluding carboxylic acids is 1. The van der Waals surface area contributed by atoms with Gasteiger partial charge in [0.1, 0.15) is 0 Å². The first-order chi connectivity index (χ1) is 5.72. The van der Waals surface area contributed by atoms with Crippen LogP contribution in [-0.4, -0.2) is 29.9 Å². The number of esters is 1. The molecule has 0 bridgehead atoms. The molecule has 0 amide bonds. The molecule has 0 aromatic carbocycles. The molecule has 2 atom stereocenters. The van der Waals surface area contributed by atoms with Crippen molar-refractivity contribution < 1.29 is 14.3 Å².